The Bertz CT molecular complexity index is 397. The van der Waals surface area contributed by atoms with Gasteiger partial charge in [0.05, 0.1) is 23.1 Å². The van der Waals surface area contributed by atoms with Gasteiger partial charge >= 0.3 is 0 Å². The Morgan fingerprint density at radius 3 is 2.61 bits per heavy atom. The highest BCUT2D eigenvalue weighted by Crippen LogP contribution is 2.14. The topological polar surface area (TPSA) is 38.1 Å². The quantitative estimate of drug-likeness (QED) is 0.860. The Kier molecular flexibility index (Phi) is 4.80. The molecule has 0 saturated carbocycles. The van der Waals surface area contributed by atoms with E-state index in [2.05, 4.69) is 21.0 Å². The number of nitrogens with zero attached hydrogens (tertiary/aromatic N) is 3. The average Bonchev–Trinajstić information content (AvgIpc) is 2.62. The summed E-state index contributed by atoms with van der Waals surface area (Å²) in [6.07, 6.45) is 8.46. The lowest BCUT2D eigenvalue weighted by atomic mass is 10.1. The van der Waals surface area contributed by atoms with Gasteiger partial charge in [-0.3, -0.25) is 9.48 Å². The molecule has 0 N–H and O–H groups in total. The Morgan fingerprint density at radius 2 is 2.06 bits per heavy atom. The van der Waals surface area contributed by atoms with Crippen molar-refractivity contribution in [2.24, 2.45) is 5.92 Å². The average molecular weight is 314 g/mol. The van der Waals surface area contributed by atoms with Crippen molar-refractivity contribution in [1.82, 2.24) is 14.7 Å². The lowest BCUT2D eigenvalue weighted by Crippen LogP contribution is -2.37. The van der Waals surface area contributed by atoms with Gasteiger partial charge in [-0.1, -0.05) is 19.8 Å². The van der Waals surface area contributed by atoms with E-state index in [9.17, 15) is 4.79 Å². The van der Waals surface area contributed by atoms with Gasteiger partial charge in [-0.05, 0) is 28.8 Å². The molecule has 0 spiro atoms. The summed E-state index contributed by atoms with van der Waals surface area (Å²) in [5, 5.41) is 4.20. The second-order valence-electron chi connectivity index (χ2n) is 5.02. The number of rotatable bonds is 3. The fraction of sp³-hybridized carbons (Fsp3) is 0.692. The van der Waals surface area contributed by atoms with E-state index >= 15 is 0 Å². The number of likely N-dealkylation sites (tertiary alicyclic amines) is 1. The van der Waals surface area contributed by atoms with Crippen LogP contribution < -0.4 is 0 Å². The van der Waals surface area contributed by atoms with Gasteiger partial charge in [-0.25, -0.2) is 0 Å². The summed E-state index contributed by atoms with van der Waals surface area (Å²) in [5.74, 6) is 0.262. The molecule has 1 aliphatic heterocycles. The highest BCUT2D eigenvalue weighted by Gasteiger charge is 2.21. The maximum atomic E-state index is 12.3. The second kappa shape index (κ2) is 6.36. The van der Waals surface area contributed by atoms with Crippen LogP contribution in [0.25, 0.3) is 0 Å². The Balaban J connectivity index is 1.91. The van der Waals surface area contributed by atoms with Crippen LogP contribution in [0, 0.1) is 5.92 Å². The molecule has 1 atom stereocenters. The molecule has 0 aliphatic carbocycles. The van der Waals surface area contributed by atoms with Crippen LogP contribution in [0.5, 0.6) is 0 Å². The van der Waals surface area contributed by atoms with E-state index < -0.39 is 0 Å². The minimum absolute atomic E-state index is 0.00472. The van der Waals surface area contributed by atoms with E-state index in [1.807, 2.05) is 22.7 Å². The first-order valence-electron chi connectivity index (χ1n) is 6.63. The van der Waals surface area contributed by atoms with Crippen molar-refractivity contribution in [2.45, 2.75) is 39.2 Å². The first-order valence-corrected chi connectivity index (χ1v) is 7.43. The SMILES string of the molecule is C[C@@H](Cn1cc(Br)cn1)C(=O)N1CCCCCC1. The standard InChI is InChI=1S/C13H20BrN3O/c1-11(9-17-10-12(14)8-15-17)13(18)16-6-4-2-3-5-7-16/h8,10-11H,2-7,9H2,1H3/t11-/m0/s1. The smallest absolute Gasteiger partial charge is 0.227 e. The number of carbonyl (C=O) groups excluding carboxylic acids is 1. The van der Waals surface area contributed by atoms with Gasteiger partial charge in [0.1, 0.15) is 0 Å². The summed E-state index contributed by atoms with van der Waals surface area (Å²) < 4.78 is 2.78. The van der Waals surface area contributed by atoms with Crippen LogP contribution in [-0.4, -0.2) is 33.7 Å². The molecule has 18 heavy (non-hydrogen) atoms. The van der Waals surface area contributed by atoms with Crippen LogP contribution in [0.4, 0.5) is 0 Å². The molecular formula is C13H20BrN3O. The summed E-state index contributed by atoms with van der Waals surface area (Å²) in [6.45, 7) is 4.49. The Hall–Kier alpha value is -0.840. The number of halogens is 1. The van der Waals surface area contributed by atoms with Crippen LogP contribution >= 0.6 is 15.9 Å². The molecule has 1 aromatic heterocycles. The van der Waals surface area contributed by atoms with E-state index in [-0.39, 0.29) is 11.8 Å². The highest BCUT2D eigenvalue weighted by atomic mass is 79.9. The van der Waals surface area contributed by atoms with Crippen molar-refractivity contribution in [2.75, 3.05) is 13.1 Å². The summed E-state index contributed by atoms with van der Waals surface area (Å²) in [7, 11) is 0. The molecule has 1 saturated heterocycles. The van der Waals surface area contributed by atoms with Gasteiger partial charge in [0.15, 0.2) is 0 Å². The molecule has 0 aromatic carbocycles. The van der Waals surface area contributed by atoms with E-state index in [1.54, 1.807) is 6.20 Å². The first kappa shape index (κ1) is 13.6. The predicted molar refractivity (Wildman–Crippen MR) is 74.1 cm³/mol. The van der Waals surface area contributed by atoms with Gasteiger partial charge in [-0.15, -0.1) is 0 Å². The monoisotopic (exact) mass is 313 g/mol. The summed E-state index contributed by atoms with van der Waals surface area (Å²) >= 11 is 3.37. The van der Waals surface area contributed by atoms with Crippen molar-refractivity contribution in [1.29, 1.82) is 0 Å². The number of hydrogen-bond donors (Lipinski definition) is 0. The zero-order valence-electron chi connectivity index (χ0n) is 10.8. The third-order valence-corrected chi connectivity index (χ3v) is 3.81. The third kappa shape index (κ3) is 3.57. The summed E-state index contributed by atoms with van der Waals surface area (Å²) in [4.78, 5) is 14.4. The normalized spacial score (nSPS) is 18.4. The minimum atomic E-state index is -0.00472. The molecule has 4 nitrogen and oxygen atoms in total. The van der Waals surface area contributed by atoms with Gasteiger partial charge in [0, 0.05) is 19.3 Å². The molecule has 1 fully saturated rings. The molecule has 2 rings (SSSR count). The van der Waals surface area contributed by atoms with Crippen LogP contribution in [0.1, 0.15) is 32.6 Å². The van der Waals surface area contributed by atoms with Gasteiger partial charge < -0.3 is 4.90 Å². The lowest BCUT2D eigenvalue weighted by molar-refractivity contribution is -0.135. The van der Waals surface area contributed by atoms with Gasteiger partial charge in [-0.2, -0.15) is 5.10 Å². The molecular weight excluding hydrogens is 294 g/mol. The van der Waals surface area contributed by atoms with Gasteiger partial charge in [0.2, 0.25) is 5.91 Å². The second-order valence-corrected chi connectivity index (χ2v) is 5.94. The van der Waals surface area contributed by atoms with Crippen molar-refractivity contribution < 1.29 is 4.79 Å². The zero-order valence-corrected chi connectivity index (χ0v) is 12.4. The number of hydrogen-bond acceptors (Lipinski definition) is 2. The van der Waals surface area contributed by atoms with E-state index in [4.69, 9.17) is 0 Å². The largest absolute Gasteiger partial charge is 0.342 e. The zero-order chi connectivity index (χ0) is 13.0. The Labute approximate surface area is 116 Å². The van der Waals surface area contributed by atoms with Crippen molar-refractivity contribution in [3.05, 3.63) is 16.9 Å². The molecule has 100 valence electrons. The highest BCUT2D eigenvalue weighted by molar-refractivity contribution is 9.10. The van der Waals surface area contributed by atoms with Crippen LogP contribution in [0.3, 0.4) is 0 Å². The summed E-state index contributed by atoms with van der Waals surface area (Å²) in [6, 6.07) is 0. The third-order valence-electron chi connectivity index (χ3n) is 3.40. The van der Waals surface area contributed by atoms with E-state index in [0.717, 1.165) is 30.4 Å². The van der Waals surface area contributed by atoms with Crippen molar-refractivity contribution >= 4 is 21.8 Å². The van der Waals surface area contributed by atoms with Crippen molar-refractivity contribution in [3.8, 4) is 0 Å². The number of amides is 1. The molecule has 0 radical (unpaired) electrons. The molecule has 0 bridgehead atoms. The van der Waals surface area contributed by atoms with Crippen molar-refractivity contribution in [3.63, 3.8) is 0 Å². The summed E-state index contributed by atoms with van der Waals surface area (Å²) in [5.41, 5.74) is 0. The molecule has 1 aromatic rings. The minimum Gasteiger partial charge on any atom is -0.342 e. The molecule has 0 unspecified atom stereocenters. The molecule has 5 heteroatoms. The maximum absolute atomic E-state index is 12.3. The number of aromatic nitrogens is 2. The van der Waals surface area contributed by atoms with Crippen LogP contribution in [-0.2, 0) is 11.3 Å². The fourth-order valence-electron chi connectivity index (χ4n) is 2.40. The molecule has 1 aliphatic rings. The number of carbonyl (C=O) groups is 1. The van der Waals surface area contributed by atoms with E-state index in [1.165, 1.54) is 12.8 Å². The Morgan fingerprint density at radius 1 is 1.39 bits per heavy atom. The van der Waals surface area contributed by atoms with Gasteiger partial charge in [0.25, 0.3) is 0 Å². The van der Waals surface area contributed by atoms with E-state index in [0.29, 0.717) is 6.54 Å². The maximum Gasteiger partial charge on any atom is 0.227 e. The predicted octanol–water partition coefficient (Wildman–Crippen LogP) is 2.68. The fourth-order valence-corrected chi connectivity index (χ4v) is 2.73. The van der Waals surface area contributed by atoms with Crippen LogP contribution in [0.15, 0.2) is 16.9 Å². The van der Waals surface area contributed by atoms with Crippen LogP contribution in [0.2, 0.25) is 0 Å². The lowest BCUT2D eigenvalue weighted by Gasteiger charge is -2.24. The first-order chi connectivity index (χ1) is 8.66. The molecule has 2 heterocycles. The molecule has 1 amide bonds.